The molecule has 20 heavy (non-hydrogen) atoms. The maximum atomic E-state index is 13.3. The Balaban J connectivity index is 2.96. The van der Waals surface area contributed by atoms with Crippen LogP contribution in [0.3, 0.4) is 0 Å². The molecule has 0 aliphatic heterocycles. The van der Waals surface area contributed by atoms with E-state index >= 15 is 0 Å². The highest BCUT2D eigenvalue weighted by Crippen LogP contribution is 2.28. The number of nitrogens with two attached hydrogens (primary N) is 1. The molecule has 0 saturated heterocycles. The lowest BCUT2D eigenvalue weighted by molar-refractivity contribution is -0.0719. The Hall–Kier alpha value is -0.490. The molecule has 1 unspecified atom stereocenters. The third-order valence-corrected chi connectivity index (χ3v) is 4.50. The zero-order chi connectivity index (χ0) is 15.2. The van der Waals surface area contributed by atoms with E-state index in [1.807, 2.05) is 6.92 Å². The van der Waals surface area contributed by atoms with Gasteiger partial charge in [0.15, 0.2) is 0 Å². The van der Waals surface area contributed by atoms with E-state index in [1.54, 1.807) is 12.1 Å². The van der Waals surface area contributed by atoms with E-state index in [9.17, 15) is 4.39 Å². The molecule has 0 heterocycles. The maximum Gasteiger partial charge on any atom is 0.137 e. The monoisotopic (exact) mass is 346 g/mol. The molecule has 0 saturated carbocycles. The minimum Gasteiger partial charge on any atom is -0.374 e. The zero-order valence-electron chi connectivity index (χ0n) is 12.4. The maximum absolute atomic E-state index is 13.3. The fourth-order valence-electron chi connectivity index (χ4n) is 2.63. The highest BCUT2D eigenvalue weighted by Gasteiger charge is 2.35. The number of hydrazine groups is 1. The average Bonchev–Trinajstić information content (AvgIpc) is 2.46. The molecule has 0 aliphatic carbocycles. The first-order valence-electron chi connectivity index (χ1n) is 7.07. The summed E-state index contributed by atoms with van der Waals surface area (Å²) in [4.78, 5) is 0. The van der Waals surface area contributed by atoms with Crippen molar-refractivity contribution in [2.45, 2.75) is 51.7 Å². The second kappa shape index (κ2) is 8.08. The molecule has 1 atom stereocenters. The summed E-state index contributed by atoms with van der Waals surface area (Å²) < 4.78 is 19.7. The summed E-state index contributed by atoms with van der Waals surface area (Å²) >= 11 is 3.22. The van der Waals surface area contributed by atoms with Crippen LogP contribution in [0.15, 0.2) is 22.7 Å². The van der Waals surface area contributed by atoms with Crippen LogP contribution in [0, 0.1) is 5.82 Å². The Morgan fingerprint density at radius 2 is 2.00 bits per heavy atom. The van der Waals surface area contributed by atoms with Gasteiger partial charge in [-0.05, 0) is 59.8 Å². The van der Waals surface area contributed by atoms with E-state index in [0.29, 0.717) is 17.5 Å². The molecule has 5 heteroatoms. The Morgan fingerprint density at radius 1 is 1.35 bits per heavy atom. The van der Waals surface area contributed by atoms with E-state index < -0.39 is 0 Å². The predicted octanol–water partition coefficient (Wildman–Crippen LogP) is 3.56. The second-order valence-corrected chi connectivity index (χ2v) is 5.73. The molecule has 1 aromatic carbocycles. The minimum atomic E-state index is -0.301. The van der Waals surface area contributed by atoms with E-state index in [4.69, 9.17) is 10.6 Å². The molecular weight excluding hydrogens is 323 g/mol. The first kappa shape index (κ1) is 17.6. The van der Waals surface area contributed by atoms with Crippen LogP contribution in [0.1, 0.15) is 39.2 Å². The minimum absolute atomic E-state index is 0.0187. The quantitative estimate of drug-likeness (QED) is 0.558. The van der Waals surface area contributed by atoms with E-state index in [2.05, 4.69) is 35.2 Å². The lowest BCUT2D eigenvalue weighted by Gasteiger charge is -2.39. The van der Waals surface area contributed by atoms with Crippen LogP contribution in [0.4, 0.5) is 4.39 Å². The molecule has 1 rings (SSSR count). The van der Waals surface area contributed by atoms with Crippen molar-refractivity contribution < 1.29 is 9.13 Å². The molecule has 1 aromatic rings. The normalized spacial score (nSPS) is 13.5. The van der Waals surface area contributed by atoms with Gasteiger partial charge < -0.3 is 4.74 Å². The van der Waals surface area contributed by atoms with Gasteiger partial charge in [-0.15, -0.1) is 0 Å². The van der Waals surface area contributed by atoms with Gasteiger partial charge in [0.2, 0.25) is 0 Å². The number of ether oxygens (including phenoxy) is 1. The van der Waals surface area contributed by atoms with Crippen LogP contribution in [0.2, 0.25) is 0 Å². The van der Waals surface area contributed by atoms with Crippen LogP contribution in [-0.4, -0.2) is 18.2 Å². The molecule has 0 spiro atoms. The van der Waals surface area contributed by atoms with Gasteiger partial charge in [0, 0.05) is 6.61 Å². The summed E-state index contributed by atoms with van der Waals surface area (Å²) in [5, 5.41) is 0. The number of rotatable bonds is 8. The standard InChI is InChI=1S/C15H24BrFN2O/c1-4-15(5-2,20-6-3)14(19-18)10-11-7-8-13(17)12(16)9-11/h7-9,14,19H,4-6,10,18H2,1-3H3. The summed E-state index contributed by atoms with van der Waals surface area (Å²) in [5.74, 6) is 5.48. The highest BCUT2D eigenvalue weighted by molar-refractivity contribution is 9.10. The Morgan fingerprint density at radius 3 is 2.45 bits per heavy atom. The van der Waals surface area contributed by atoms with Crippen LogP contribution < -0.4 is 11.3 Å². The Bertz CT molecular complexity index is 424. The largest absolute Gasteiger partial charge is 0.374 e. The third-order valence-electron chi connectivity index (χ3n) is 3.89. The van der Waals surface area contributed by atoms with Crippen molar-refractivity contribution in [3.63, 3.8) is 0 Å². The van der Waals surface area contributed by atoms with Crippen molar-refractivity contribution in [1.82, 2.24) is 5.43 Å². The smallest absolute Gasteiger partial charge is 0.137 e. The first-order valence-corrected chi connectivity index (χ1v) is 7.86. The summed E-state index contributed by atoms with van der Waals surface area (Å²) in [6, 6.07) is 5.02. The fraction of sp³-hybridized carbons (Fsp3) is 0.600. The van der Waals surface area contributed by atoms with Crippen molar-refractivity contribution in [2.24, 2.45) is 5.84 Å². The molecular formula is C15H24BrFN2O. The first-order chi connectivity index (χ1) is 9.52. The van der Waals surface area contributed by atoms with Crippen LogP contribution in [0.25, 0.3) is 0 Å². The van der Waals surface area contributed by atoms with Gasteiger partial charge in [0.05, 0.1) is 16.1 Å². The second-order valence-electron chi connectivity index (χ2n) is 4.88. The molecule has 0 aliphatic rings. The van der Waals surface area contributed by atoms with E-state index in [-0.39, 0.29) is 17.5 Å². The predicted molar refractivity (Wildman–Crippen MR) is 83.9 cm³/mol. The van der Waals surface area contributed by atoms with E-state index in [1.165, 1.54) is 6.07 Å². The van der Waals surface area contributed by atoms with Gasteiger partial charge in [-0.2, -0.15) is 0 Å². The van der Waals surface area contributed by atoms with E-state index in [0.717, 1.165) is 18.4 Å². The van der Waals surface area contributed by atoms with Gasteiger partial charge in [-0.1, -0.05) is 19.9 Å². The lowest BCUT2D eigenvalue weighted by Crippen LogP contribution is -2.55. The summed E-state index contributed by atoms with van der Waals surface area (Å²) in [6.07, 6.45) is 2.43. The fourth-order valence-corrected chi connectivity index (χ4v) is 3.06. The molecule has 0 fully saturated rings. The van der Waals surface area contributed by atoms with Gasteiger partial charge in [-0.25, -0.2) is 4.39 Å². The number of halogens is 2. The molecule has 3 nitrogen and oxygen atoms in total. The molecule has 0 bridgehead atoms. The molecule has 114 valence electrons. The topological polar surface area (TPSA) is 47.3 Å². The van der Waals surface area contributed by atoms with Crippen LogP contribution >= 0.6 is 15.9 Å². The number of hydrogen-bond donors (Lipinski definition) is 2. The lowest BCUT2D eigenvalue weighted by atomic mass is 9.84. The number of benzene rings is 1. The van der Waals surface area contributed by atoms with Gasteiger partial charge in [0.1, 0.15) is 5.82 Å². The van der Waals surface area contributed by atoms with Gasteiger partial charge >= 0.3 is 0 Å². The van der Waals surface area contributed by atoms with Gasteiger partial charge in [0.25, 0.3) is 0 Å². The summed E-state index contributed by atoms with van der Waals surface area (Å²) in [7, 11) is 0. The van der Waals surface area contributed by atoms with Crippen molar-refractivity contribution in [1.29, 1.82) is 0 Å². The van der Waals surface area contributed by atoms with Crippen LogP contribution in [0.5, 0.6) is 0 Å². The average molecular weight is 347 g/mol. The van der Waals surface area contributed by atoms with Gasteiger partial charge in [-0.3, -0.25) is 11.3 Å². The molecule has 3 N–H and O–H groups in total. The number of nitrogens with one attached hydrogen (secondary N) is 1. The van der Waals surface area contributed by atoms with Crippen molar-refractivity contribution in [3.8, 4) is 0 Å². The molecule has 0 radical (unpaired) electrons. The molecule has 0 amide bonds. The van der Waals surface area contributed by atoms with Crippen molar-refractivity contribution in [3.05, 3.63) is 34.1 Å². The summed E-state index contributed by atoms with van der Waals surface area (Å²) in [6.45, 7) is 6.84. The Labute approximate surface area is 129 Å². The highest BCUT2D eigenvalue weighted by atomic mass is 79.9. The molecule has 0 aromatic heterocycles. The SMILES string of the molecule is CCOC(CC)(CC)C(Cc1ccc(F)c(Br)c1)NN. The zero-order valence-corrected chi connectivity index (χ0v) is 14.0. The van der Waals surface area contributed by atoms with Crippen molar-refractivity contribution >= 4 is 15.9 Å². The summed E-state index contributed by atoms with van der Waals surface area (Å²) in [5.41, 5.74) is 3.60. The van der Waals surface area contributed by atoms with Crippen LogP contribution in [-0.2, 0) is 11.2 Å². The number of hydrogen-bond acceptors (Lipinski definition) is 3. The van der Waals surface area contributed by atoms with Crippen molar-refractivity contribution in [2.75, 3.05) is 6.61 Å². The Kier molecular flexibility index (Phi) is 7.09. The third kappa shape index (κ3) is 4.01.